The van der Waals surface area contributed by atoms with Gasteiger partial charge in [0, 0.05) is 0 Å². The van der Waals surface area contributed by atoms with Crippen molar-refractivity contribution < 1.29 is 19.3 Å². The van der Waals surface area contributed by atoms with Gasteiger partial charge in [0.1, 0.15) is 5.82 Å². The topological polar surface area (TPSA) is 46.5 Å². The molecule has 0 saturated heterocycles. The third-order valence-corrected chi connectivity index (χ3v) is 1.55. The molecule has 0 bridgehead atoms. The summed E-state index contributed by atoms with van der Waals surface area (Å²) in [5, 5.41) is 7.88. The van der Waals surface area contributed by atoms with Crippen LogP contribution in [0.1, 0.15) is 10.4 Å². The van der Waals surface area contributed by atoms with Crippen LogP contribution in [-0.4, -0.2) is 11.2 Å². The van der Waals surface area contributed by atoms with E-state index >= 15 is 0 Å². The van der Waals surface area contributed by atoms with Crippen molar-refractivity contribution in [1.82, 2.24) is 0 Å². The Labute approximate surface area is 72.3 Å². The van der Waals surface area contributed by atoms with Gasteiger partial charge in [-0.2, -0.15) is 5.26 Å². The van der Waals surface area contributed by atoms with Crippen molar-refractivity contribution in [2.45, 2.75) is 0 Å². The standard InChI is InChI=1S/C7H4ClFO3/c8-6-3-4(9)1-2-5(6)7(10)12-11/h1-3,11H. The molecule has 5 heteroatoms. The fraction of sp³-hybridized carbons (Fsp3) is 0. The lowest BCUT2D eigenvalue weighted by molar-refractivity contribution is -0.182. The van der Waals surface area contributed by atoms with Crippen LogP contribution in [-0.2, 0) is 4.89 Å². The molecule has 0 amide bonds. The molecule has 0 aliphatic heterocycles. The summed E-state index contributed by atoms with van der Waals surface area (Å²) in [4.78, 5) is 14.1. The third kappa shape index (κ3) is 1.72. The molecule has 0 radical (unpaired) electrons. The van der Waals surface area contributed by atoms with Gasteiger partial charge in [-0.1, -0.05) is 11.6 Å². The molecule has 1 N–H and O–H groups in total. The SMILES string of the molecule is O=C(OO)c1ccc(F)cc1Cl. The summed E-state index contributed by atoms with van der Waals surface area (Å²) in [6, 6.07) is 3.11. The Balaban J connectivity index is 3.09. The zero-order valence-electron chi connectivity index (χ0n) is 5.75. The zero-order valence-corrected chi connectivity index (χ0v) is 6.51. The summed E-state index contributed by atoms with van der Waals surface area (Å²) in [6.45, 7) is 0. The number of hydrogen-bond donors (Lipinski definition) is 1. The molecule has 64 valence electrons. The van der Waals surface area contributed by atoms with Crippen LogP contribution >= 0.6 is 11.6 Å². The molecule has 1 aromatic rings. The molecule has 0 heterocycles. The average Bonchev–Trinajstić information content (AvgIpc) is 2.03. The van der Waals surface area contributed by atoms with Gasteiger partial charge >= 0.3 is 5.97 Å². The van der Waals surface area contributed by atoms with Gasteiger partial charge in [0.15, 0.2) is 0 Å². The first-order chi connectivity index (χ1) is 5.65. The van der Waals surface area contributed by atoms with Crippen LogP contribution in [0.2, 0.25) is 5.02 Å². The normalized spacial score (nSPS) is 9.58. The molecule has 0 saturated carbocycles. The molecule has 0 fully saturated rings. The minimum absolute atomic E-state index is 0.0828. The quantitative estimate of drug-likeness (QED) is 0.545. The van der Waals surface area contributed by atoms with E-state index < -0.39 is 11.8 Å². The van der Waals surface area contributed by atoms with E-state index in [1.807, 2.05) is 0 Å². The Bertz CT molecular complexity index is 314. The maximum Gasteiger partial charge on any atom is 0.374 e. The maximum atomic E-state index is 12.4. The lowest BCUT2D eigenvalue weighted by atomic mass is 10.2. The minimum Gasteiger partial charge on any atom is -0.295 e. The number of benzene rings is 1. The van der Waals surface area contributed by atoms with Crippen LogP contribution in [0, 0.1) is 5.82 Å². The molecule has 0 aliphatic rings. The minimum atomic E-state index is -1.01. The number of carbonyl (C=O) groups is 1. The zero-order chi connectivity index (χ0) is 9.14. The molecular weight excluding hydrogens is 187 g/mol. The monoisotopic (exact) mass is 190 g/mol. The molecule has 0 atom stereocenters. The summed E-state index contributed by atoms with van der Waals surface area (Å²) in [7, 11) is 0. The van der Waals surface area contributed by atoms with Crippen LogP contribution in [0.5, 0.6) is 0 Å². The molecule has 12 heavy (non-hydrogen) atoms. The van der Waals surface area contributed by atoms with Crippen LogP contribution in [0.3, 0.4) is 0 Å². The number of rotatable bonds is 1. The van der Waals surface area contributed by atoms with E-state index in [1.54, 1.807) is 0 Å². The Morgan fingerprint density at radius 1 is 1.58 bits per heavy atom. The van der Waals surface area contributed by atoms with Gasteiger partial charge in [-0.3, -0.25) is 4.89 Å². The largest absolute Gasteiger partial charge is 0.374 e. The number of carbonyl (C=O) groups excluding carboxylic acids is 1. The first-order valence-corrected chi connectivity index (χ1v) is 3.33. The van der Waals surface area contributed by atoms with Crippen LogP contribution < -0.4 is 0 Å². The fourth-order valence-electron chi connectivity index (χ4n) is 0.704. The Hall–Kier alpha value is -1.13. The van der Waals surface area contributed by atoms with Crippen molar-refractivity contribution in [2.75, 3.05) is 0 Å². The van der Waals surface area contributed by atoms with Crippen LogP contribution in [0.25, 0.3) is 0 Å². The smallest absolute Gasteiger partial charge is 0.295 e. The van der Waals surface area contributed by atoms with Crippen LogP contribution in [0.15, 0.2) is 18.2 Å². The lowest BCUT2D eigenvalue weighted by Crippen LogP contribution is -2.02. The Kier molecular flexibility index (Phi) is 2.62. The molecule has 1 aromatic carbocycles. The first kappa shape index (κ1) is 8.96. The summed E-state index contributed by atoms with van der Waals surface area (Å²) in [5.41, 5.74) is -0.0828. The van der Waals surface area contributed by atoms with Gasteiger partial charge in [0.25, 0.3) is 0 Å². The molecule has 1 rings (SSSR count). The molecule has 0 aliphatic carbocycles. The van der Waals surface area contributed by atoms with Gasteiger partial charge in [-0.15, -0.1) is 0 Å². The van der Waals surface area contributed by atoms with Crippen molar-refractivity contribution in [2.24, 2.45) is 0 Å². The van der Waals surface area contributed by atoms with E-state index in [1.165, 1.54) is 0 Å². The second-order valence-electron chi connectivity index (χ2n) is 2.00. The second-order valence-corrected chi connectivity index (χ2v) is 2.41. The van der Waals surface area contributed by atoms with Crippen molar-refractivity contribution in [1.29, 1.82) is 0 Å². The molecular formula is C7H4ClFO3. The van der Waals surface area contributed by atoms with Crippen molar-refractivity contribution in [3.05, 3.63) is 34.6 Å². The van der Waals surface area contributed by atoms with Gasteiger partial charge in [0.05, 0.1) is 10.6 Å². The van der Waals surface area contributed by atoms with Crippen LogP contribution in [0.4, 0.5) is 4.39 Å². The van der Waals surface area contributed by atoms with E-state index in [-0.39, 0.29) is 10.6 Å². The van der Waals surface area contributed by atoms with Crippen molar-refractivity contribution in [3.63, 3.8) is 0 Å². The van der Waals surface area contributed by atoms with Crippen molar-refractivity contribution in [3.8, 4) is 0 Å². The summed E-state index contributed by atoms with van der Waals surface area (Å²) >= 11 is 5.45. The Morgan fingerprint density at radius 3 is 2.75 bits per heavy atom. The fourth-order valence-corrected chi connectivity index (χ4v) is 0.949. The lowest BCUT2D eigenvalue weighted by Gasteiger charge is -1.98. The molecule has 0 spiro atoms. The van der Waals surface area contributed by atoms with Gasteiger partial charge in [-0.25, -0.2) is 9.18 Å². The van der Waals surface area contributed by atoms with Gasteiger partial charge < -0.3 is 0 Å². The average molecular weight is 191 g/mol. The highest BCUT2D eigenvalue weighted by atomic mass is 35.5. The van der Waals surface area contributed by atoms with E-state index in [9.17, 15) is 9.18 Å². The highest BCUT2D eigenvalue weighted by Gasteiger charge is 2.11. The van der Waals surface area contributed by atoms with E-state index in [0.29, 0.717) is 0 Å². The third-order valence-electron chi connectivity index (χ3n) is 1.23. The van der Waals surface area contributed by atoms with Gasteiger partial charge in [0.2, 0.25) is 0 Å². The molecule has 0 aromatic heterocycles. The summed E-state index contributed by atoms with van der Waals surface area (Å²) in [6.07, 6.45) is 0. The highest BCUT2D eigenvalue weighted by molar-refractivity contribution is 6.33. The molecule has 3 nitrogen and oxygen atoms in total. The van der Waals surface area contributed by atoms with Gasteiger partial charge in [-0.05, 0) is 18.2 Å². The highest BCUT2D eigenvalue weighted by Crippen LogP contribution is 2.17. The predicted octanol–water partition coefficient (Wildman–Crippen LogP) is 2.11. The van der Waals surface area contributed by atoms with E-state index in [2.05, 4.69) is 4.89 Å². The maximum absolute atomic E-state index is 12.4. The van der Waals surface area contributed by atoms with E-state index in [0.717, 1.165) is 18.2 Å². The second kappa shape index (κ2) is 3.51. The number of halogens is 2. The Morgan fingerprint density at radius 2 is 2.25 bits per heavy atom. The molecule has 0 unspecified atom stereocenters. The number of hydrogen-bond acceptors (Lipinski definition) is 3. The summed E-state index contributed by atoms with van der Waals surface area (Å²) < 4.78 is 12.4. The van der Waals surface area contributed by atoms with E-state index in [4.69, 9.17) is 16.9 Å². The first-order valence-electron chi connectivity index (χ1n) is 2.96. The van der Waals surface area contributed by atoms with Crippen molar-refractivity contribution >= 4 is 17.6 Å². The summed E-state index contributed by atoms with van der Waals surface area (Å²) in [5.74, 6) is -1.57. The predicted molar refractivity (Wildman–Crippen MR) is 39.5 cm³/mol.